The minimum Gasteiger partial charge on any atom is -0.504 e. The van der Waals surface area contributed by atoms with Crippen LogP contribution in [0.15, 0.2) is 72.3 Å². The summed E-state index contributed by atoms with van der Waals surface area (Å²) in [6.07, 6.45) is 2.31. The van der Waals surface area contributed by atoms with E-state index < -0.39 is 65.8 Å². The third-order valence-corrected chi connectivity index (χ3v) is 14.9. The normalized spacial score (nSPS) is 25.5. The number of fused-ring (bicyclic) bond motifs is 5. The highest BCUT2D eigenvalue weighted by Gasteiger charge is 2.68. The standard InChI is InChI=1S/C41H35BClIN4O8S/c1-18-25-15-21(43)8-11-31(25)57-36(18)29-17-32(46(3)45-29)48-38(51)27-16-26-23(34(41(27,2)40(48)53)19-12-28(44)35(49)30(13-19)56-4)9-10-24-33(26)39(52)47(37(24)50)22-7-5-6-20(14-22)42(54)55/h5-9,11-15,17,24,26-27,33-34,49,54-55H,10,16H2,1-4H3/t24-,26+,27-,33-,34-,41+/m0/s1. The van der Waals surface area contributed by atoms with Crippen molar-refractivity contribution in [2.24, 2.45) is 36.1 Å². The summed E-state index contributed by atoms with van der Waals surface area (Å²) >= 11 is 9.88. The molecule has 57 heavy (non-hydrogen) atoms. The minimum atomic E-state index is -1.80. The van der Waals surface area contributed by atoms with Crippen molar-refractivity contribution >= 4 is 103 Å². The molecular formula is C41H35BClIN4O8S. The molecule has 3 N–H and O–H groups in total. The molecule has 2 aromatic heterocycles. The van der Waals surface area contributed by atoms with Gasteiger partial charge < -0.3 is 19.9 Å². The first-order valence-electron chi connectivity index (χ1n) is 18.4. The molecule has 16 heteroatoms. The van der Waals surface area contributed by atoms with Crippen molar-refractivity contribution < 1.29 is 39.1 Å². The Morgan fingerprint density at radius 3 is 2.51 bits per heavy atom. The lowest BCUT2D eigenvalue weighted by atomic mass is 9.51. The lowest BCUT2D eigenvalue weighted by Crippen LogP contribution is -2.49. The summed E-state index contributed by atoms with van der Waals surface area (Å²) in [6.45, 7) is 3.79. The van der Waals surface area contributed by atoms with E-state index >= 15 is 4.79 Å². The number of phenols is 1. The van der Waals surface area contributed by atoms with Crippen molar-refractivity contribution in [3.8, 4) is 22.1 Å². The van der Waals surface area contributed by atoms with Crippen molar-refractivity contribution in [2.45, 2.75) is 32.6 Å². The van der Waals surface area contributed by atoms with E-state index in [2.05, 4.69) is 0 Å². The van der Waals surface area contributed by atoms with Crippen LogP contribution in [0.2, 0.25) is 5.02 Å². The van der Waals surface area contributed by atoms with Gasteiger partial charge in [-0.2, -0.15) is 5.10 Å². The Morgan fingerprint density at radius 1 is 1.00 bits per heavy atom. The molecule has 0 spiro atoms. The van der Waals surface area contributed by atoms with Gasteiger partial charge in [-0.3, -0.25) is 28.8 Å². The molecule has 12 nitrogen and oxygen atoms in total. The molecule has 0 bridgehead atoms. The van der Waals surface area contributed by atoms with Crippen LogP contribution in [0.25, 0.3) is 20.7 Å². The third kappa shape index (κ3) is 5.49. The maximum atomic E-state index is 15.2. The van der Waals surface area contributed by atoms with Gasteiger partial charge in [0.1, 0.15) is 11.5 Å². The fourth-order valence-electron chi connectivity index (χ4n) is 9.82. The van der Waals surface area contributed by atoms with E-state index in [0.29, 0.717) is 25.7 Å². The van der Waals surface area contributed by atoms with Crippen molar-refractivity contribution in [2.75, 3.05) is 16.9 Å². The number of hydrogen-bond donors (Lipinski definition) is 3. The van der Waals surface area contributed by atoms with E-state index in [1.807, 2.05) is 53.8 Å². The second kappa shape index (κ2) is 13.5. The molecule has 9 rings (SSSR count). The van der Waals surface area contributed by atoms with Crippen molar-refractivity contribution in [3.63, 3.8) is 0 Å². The Hall–Kier alpha value is -4.55. The number of halogens is 2. The first-order chi connectivity index (χ1) is 27.1. The van der Waals surface area contributed by atoms with Gasteiger partial charge in [0.25, 0.3) is 0 Å². The van der Waals surface area contributed by atoms with Gasteiger partial charge >= 0.3 is 7.12 Å². The van der Waals surface area contributed by atoms with Crippen LogP contribution in [0.3, 0.4) is 0 Å². The van der Waals surface area contributed by atoms with Crippen LogP contribution in [-0.2, 0) is 26.2 Å². The average molecular weight is 917 g/mol. The number of benzene rings is 3. The van der Waals surface area contributed by atoms with E-state index in [-0.39, 0.29) is 35.5 Å². The predicted molar refractivity (Wildman–Crippen MR) is 225 cm³/mol. The Bertz CT molecular complexity index is 2640. The summed E-state index contributed by atoms with van der Waals surface area (Å²) in [5.74, 6) is -5.06. The number of rotatable bonds is 6. The zero-order chi connectivity index (χ0) is 40.4. The summed E-state index contributed by atoms with van der Waals surface area (Å²) < 4.78 is 8.62. The van der Waals surface area contributed by atoms with E-state index in [9.17, 15) is 29.5 Å². The molecule has 0 unspecified atom stereocenters. The van der Waals surface area contributed by atoms with E-state index in [4.69, 9.17) is 21.4 Å². The largest absolute Gasteiger partial charge is 0.504 e. The zero-order valence-corrected chi connectivity index (χ0v) is 34.8. The number of phenolic OH excluding ortho intramolecular Hbond substituents is 1. The highest BCUT2D eigenvalue weighted by atomic mass is 127. The van der Waals surface area contributed by atoms with Crippen molar-refractivity contribution in [1.82, 2.24) is 9.78 Å². The zero-order valence-electron chi connectivity index (χ0n) is 31.1. The fraction of sp³-hybridized carbons (Fsp3) is 0.293. The quantitative estimate of drug-likeness (QED) is 0.0841. The minimum absolute atomic E-state index is 0.0623. The number of aryl methyl sites for hydroxylation is 2. The molecule has 2 aliphatic heterocycles. The van der Waals surface area contributed by atoms with Gasteiger partial charge in [-0.1, -0.05) is 35.4 Å². The molecule has 290 valence electrons. The van der Waals surface area contributed by atoms with Crippen molar-refractivity contribution in [3.05, 3.63) is 92.0 Å². The number of aromatic nitrogens is 2. The summed E-state index contributed by atoms with van der Waals surface area (Å²) in [6, 6.07) is 16.9. The summed E-state index contributed by atoms with van der Waals surface area (Å²) in [4.78, 5) is 62.0. The molecule has 3 aromatic carbocycles. The number of carbonyl (C=O) groups excluding carboxylic acids is 4. The molecule has 1 saturated carbocycles. The van der Waals surface area contributed by atoms with Crippen LogP contribution in [0.5, 0.6) is 11.5 Å². The molecule has 3 fully saturated rings. The Labute approximate surface area is 350 Å². The highest BCUT2D eigenvalue weighted by molar-refractivity contribution is 14.1. The maximum absolute atomic E-state index is 15.2. The highest BCUT2D eigenvalue weighted by Crippen LogP contribution is 2.64. The van der Waals surface area contributed by atoms with E-state index in [0.717, 1.165) is 31.0 Å². The number of thiophene rings is 1. The smallest absolute Gasteiger partial charge is 0.488 e. The van der Waals surface area contributed by atoms with Crippen LogP contribution >= 0.6 is 45.5 Å². The fourth-order valence-corrected chi connectivity index (χ4v) is 11.8. The molecule has 0 radical (unpaired) electrons. The molecule has 5 aromatic rings. The average Bonchev–Trinajstić information content (AvgIpc) is 3.85. The van der Waals surface area contributed by atoms with Gasteiger partial charge in [0.2, 0.25) is 23.6 Å². The molecule has 4 heterocycles. The third-order valence-electron chi connectivity index (χ3n) is 12.5. The molecular weight excluding hydrogens is 882 g/mol. The Balaban J connectivity index is 1.16. The van der Waals surface area contributed by atoms with Gasteiger partial charge in [-0.25, -0.2) is 4.90 Å². The number of allylic oxidation sites excluding steroid dienone is 2. The van der Waals surface area contributed by atoms with Gasteiger partial charge in [0.05, 0.1) is 44.4 Å². The van der Waals surface area contributed by atoms with Crippen LogP contribution in [0, 0.1) is 39.6 Å². The van der Waals surface area contributed by atoms with Crippen LogP contribution in [0.1, 0.15) is 36.8 Å². The summed E-state index contributed by atoms with van der Waals surface area (Å²) in [7, 11) is 1.34. The number of nitrogens with zero attached hydrogens (tertiary/aromatic N) is 4. The summed E-state index contributed by atoms with van der Waals surface area (Å²) in [5, 5.41) is 37.0. The number of hydrogen-bond acceptors (Lipinski definition) is 10. The molecule has 4 amide bonds. The number of ether oxygens (including phenoxy) is 1. The molecule has 2 aliphatic carbocycles. The number of amides is 4. The SMILES string of the molecule is COc1cc([C@H]2C3=CC[C@@H]4C(=O)N(c5cccc(B(O)O)c5)C(=O)[C@@H]4[C@@H]3C[C@H]3C(=O)N(c4cc(-c5sc6ccc(Cl)cc6c5C)nn4C)C(=O)[C@@]23C)cc(I)c1O. The molecule has 4 aliphatic rings. The predicted octanol–water partition coefficient (Wildman–Crippen LogP) is 5.70. The Morgan fingerprint density at radius 2 is 1.77 bits per heavy atom. The van der Waals surface area contributed by atoms with Crippen LogP contribution < -0.4 is 20.0 Å². The lowest BCUT2D eigenvalue weighted by molar-refractivity contribution is -0.131. The number of imide groups is 2. The first kappa shape index (κ1) is 38.0. The molecule has 6 atom stereocenters. The van der Waals surface area contributed by atoms with Gasteiger partial charge in [0.15, 0.2) is 11.5 Å². The topological polar surface area (TPSA) is 162 Å². The van der Waals surface area contributed by atoms with Crippen LogP contribution in [0.4, 0.5) is 11.5 Å². The monoisotopic (exact) mass is 916 g/mol. The second-order valence-corrected chi connectivity index (χ2v) is 18.1. The van der Waals surface area contributed by atoms with Crippen LogP contribution in [-0.4, -0.2) is 62.8 Å². The van der Waals surface area contributed by atoms with Gasteiger partial charge in [-0.05, 0) is 120 Å². The van der Waals surface area contributed by atoms with E-state index in [1.54, 1.807) is 60.3 Å². The number of anilines is 2. The van der Waals surface area contributed by atoms with Gasteiger partial charge in [0, 0.05) is 28.8 Å². The number of carbonyl (C=O) groups is 4. The maximum Gasteiger partial charge on any atom is 0.488 e. The van der Waals surface area contributed by atoms with E-state index in [1.165, 1.54) is 24.1 Å². The molecule has 2 saturated heterocycles. The van der Waals surface area contributed by atoms with Crippen molar-refractivity contribution in [1.29, 1.82) is 0 Å². The number of aromatic hydroxyl groups is 1. The number of methoxy groups -OCH3 is 1. The second-order valence-electron chi connectivity index (χ2n) is 15.4. The lowest BCUT2D eigenvalue weighted by Gasteiger charge is -2.49. The summed E-state index contributed by atoms with van der Waals surface area (Å²) in [5.41, 5.74) is 1.99. The van der Waals surface area contributed by atoms with Gasteiger partial charge in [-0.15, -0.1) is 11.3 Å². The Kier molecular flexibility index (Phi) is 9.01. The first-order valence-corrected chi connectivity index (χ1v) is 20.6.